The summed E-state index contributed by atoms with van der Waals surface area (Å²) in [6, 6.07) is 1.53. The average molecular weight is 288 g/mol. The summed E-state index contributed by atoms with van der Waals surface area (Å²) in [4.78, 5) is 30.2. The molecule has 8 nitrogen and oxygen atoms in total. The van der Waals surface area contributed by atoms with Crippen LogP contribution >= 0.6 is 0 Å². The Labute approximate surface area is 119 Å². The Morgan fingerprint density at radius 2 is 2.24 bits per heavy atom. The summed E-state index contributed by atoms with van der Waals surface area (Å²) in [5.74, 6) is -0.648. The van der Waals surface area contributed by atoms with Gasteiger partial charge in [0.2, 0.25) is 5.89 Å². The molecular formula is C13H12N4O4. The van der Waals surface area contributed by atoms with E-state index in [9.17, 15) is 9.59 Å². The van der Waals surface area contributed by atoms with E-state index in [1.54, 1.807) is 6.92 Å². The van der Waals surface area contributed by atoms with Gasteiger partial charge in [-0.25, -0.2) is 4.79 Å². The second-order valence-electron chi connectivity index (χ2n) is 4.09. The van der Waals surface area contributed by atoms with Gasteiger partial charge in [-0.3, -0.25) is 9.78 Å². The normalized spacial score (nSPS) is 10.7. The number of nitrogens with zero attached hydrogens (tertiary/aromatic N) is 3. The Balaban J connectivity index is 2.02. The second-order valence-corrected chi connectivity index (χ2v) is 4.09. The van der Waals surface area contributed by atoms with Crippen LogP contribution in [-0.4, -0.2) is 32.1 Å². The number of hydrogen-bond donors (Lipinski definition) is 2. The zero-order valence-electron chi connectivity index (χ0n) is 11.1. The number of amides is 1. The molecular weight excluding hydrogens is 276 g/mol. The van der Waals surface area contributed by atoms with E-state index in [1.165, 1.54) is 24.5 Å². The molecule has 0 spiro atoms. The number of carboxylic acids is 1. The van der Waals surface area contributed by atoms with Gasteiger partial charge in [0.1, 0.15) is 0 Å². The molecule has 0 bridgehead atoms. The zero-order chi connectivity index (χ0) is 15.2. The van der Waals surface area contributed by atoms with Gasteiger partial charge in [0, 0.05) is 25.4 Å². The first-order valence-corrected chi connectivity index (χ1v) is 5.98. The maximum absolute atomic E-state index is 11.9. The zero-order valence-corrected chi connectivity index (χ0v) is 11.1. The van der Waals surface area contributed by atoms with E-state index in [0.29, 0.717) is 22.8 Å². The SMILES string of the molecule is Cc1nc(CNC(=O)c2cncc(/C=C/C(=O)O)c2)no1. The summed E-state index contributed by atoms with van der Waals surface area (Å²) in [5.41, 5.74) is 0.822. The summed E-state index contributed by atoms with van der Waals surface area (Å²) >= 11 is 0. The van der Waals surface area contributed by atoms with Crippen LogP contribution in [0.4, 0.5) is 0 Å². The highest BCUT2D eigenvalue weighted by atomic mass is 16.5. The predicted molar refractivity (Wildman–Crippen MR) is 71.1 cm³/mol. The minimum atomic E-state index is -1.07. The highest BCUT2D eigenvalue weighted by Gasteiger charge is 2.08. The molecule has 2 aromatic heterocycles. The predicted octanol–water partition coefficient (Wildman–Crippen LogP) is 0.801. The third-order valence-corrected chi connectivity index (χ3v) is 2.42. The molecule has 0 aliphatic carbocycles. The van der Waals surface area contributed by atoms with E-state index in [0.717, 1.165) is 6.08 Å². The van der Waals surface area contributed by atoms with E-state index in [4.69, 9.17) is 9.63 Å². The third-order valence-electron chi connectivity index (χ3n) is 2.42. The maximum Gasteiger partial charge on any atom is 0.328 e. The Bertz CT molecular complexity index is 693. The summed E-state index contributed by atoms with van der Waals surface area (Å²) in [7, 11) is 0. The van der Waals surface area contributed by atoms with Gasteiger partial charge in [-0.2, -0.15) is 4.98 Å². The van der Waals surface area contributed by atoms with Crippen LogP contribution in [0.25, 0.3) is 6.08 Å². The number of hydrogen-bond acceptors (Lipinski definition) is 6. The van der Waals surface area contributed by atoms with Crippen molar-refractivity contribution in [2.75, 3.05) is 0 Å². The van der Waals surface area contributed by atoms with E-state index >= 15 is 0 Å². The second kappa shape index (κ2) is 6.42. The first kappa shape index (κ1) is 14.4. The fourth-order valence-corrected chi connectivity index (χ4v) is 1.52. The molecule has 108 valence electrons. The van der Waals surface area contributed by atoms with Crippen molar-refractivity contribution in [1.82, 2.24) is 20.4 Å². The standard InChI is InChI=1S/C13H12N4O4/c1-8-16-11(17-21-8)7-15-13(20)10-4-9(5-14-6-10)2-3-12(18)19/h2-6H,7H2,1H3,(H,15,20)(H,18,19)/b3-2+. The summed E-state index contributed by atoms with van der Waals surface area (Å²) in [6.45, 7) is 1.78. The fraction of sp³-hybridized carbons (Fsp3) is 0.154. The Hall–Kier alpha value is -3.03. The lowest BCUT2D eigenvalue weighted by atomic mass is 10.2. The number of pyridine rings is 1. The van der Waals surface area contributed by atoms with Gasteiger partial charge < -0.3 is 14.9 Å². The van der Waals surface area contributed by atoms with Gasteiger partial charge in [-0.05, 0) is 17.7 Å². The van der Waals surface area contributed by atoms with Crippen molar-refractivity contribution in [3.8, 4) is 0 Å². The van der Waals surface area contributed by atoms with Crippen molar-refractivity contribution in [2.24, 2.45) is 0 Å². The quantitative estimate of drug-likeness (QED) is 0.781. The topological polar surface area (TPSA) is 118 Å². The summed E-state index contributed by atoms with van der Waals surface area (Å²) in [5, 5.41) is 14.8. The molecule has 1 amide bonds. The Kier molecular flexibility index (Phi) is 4.39. The van der Waals surface area contributed by atoms with Crippen molar-refractivity contribution in [1.29, 1.82) is 0 Å². The molecule has 0 saturated carbocycles. The molecule has 2 aromatic rings. The smallest absolute Gasteiger partial charge is 0.328 e. The minimum absolute atomic E-state index is 0.130. The lowest BCUT2D eigenvalue weighted by Crippen LogP contribution is -2.23. The number of rotatable bonds is 5. The molecule has 0 saturated heterocycles. The first-order chi connectivity index (χ1) is 10.0. The fourth-order valence-electron chi connectivity index (χ4n) is 1.52. The Morgan fingerprint density at radius 1 is 1.43 bits per heavy atom. The van der Waals surface area contributed by atoms with Crippen molar-refractivity contribution >= 4 is 18.0 Å². The van der Waals surface area contributed by atoms with Gasteiger partial charge in [0.15, 0.2) is 5.82 Å². The molecule has 2 N–H and O–H groups in total. The molecule has 8 heteroatoms. The molecule has 0 fully saturated rings. The van der Waals surface area contributed by atoms with Crippen molar-refractivity contribution in [3.63, 3.8) is 0 Å². The number of carboxylic acid groups (broad SMARTS) is 1. The van der Waals surface area contributed by atoms with Crippen LogP contribution in [0.5, 0.6) is 0 Å². The van der Waals surface area contributed by atoms with E-state index < -0.39 is 5.97 Å². The van der Waals surface area contributed by atoms with Crippen LogP contribution in [0, 0.1) is 6.92 Å². The summed E-state index contributed by atoms with van der Waals surface area (Å²) in [6.07, 6.45) is 5.17. The van der Waals surface area contributed by atoms with Crippen molar-refractivity contribution < 1.29 is 19.2 Å². The molecule has 0 aliphatic heterocycles. The van der Waals surface area contributed by atoms with Crippen molar-refractivity contribution in [2.45, 2.75) is 13.5 Å². The molecule has 2 heterocycles. The molecule has 0 radical (unpaired) electrons. The first-order valence-electron chi connectivity index (χ1n) is 5.98. The van der Waals surface area contributed by atoms with Crippen LogP contribution in [0.3, 0.4) is 0 Å². The van der Waals surface area contributed by atoms with Gasteiger partial charge in [0.25, 0.3) is 5.91 Å². The van der Waals surface area contributed by atoms with E-state index in [-0.39, 0.29) is 12.5 Å². The summed E-state index contributed by atoms with van der Waals surface area (Å²) < 4.78 is 4.79. The van der Waals surface area contributed by atoms with Crippen LogP contribution in [0.2, 0.25) is 0 Å². The molecule has 21 heavy (non-hydrogen) atoms. The number of aliphatic carboxylic acids is 1. The van der Waals surface area contributed by atoms with Gasteiger partial charge in [-0.1, -0.05) is 5.16 Å². The molecule has 0 aliphatic rings. The molecule has 0 atom stereocenters. The molecule has 0 aromatic carbocycles. The highest BCUT2D eigenvalue weighted by Crippen LogP contribution is 2.05. The number of carbonyl (C=O) groups excluding carboxylic acids is 1. The van der Waals surface area contributed by atoms with Gasteiger partial charge in [-0.15, -0.1) is 0 Å². The van der Waals surface area contributed by atoms with Crippen LogP contribution in [0.15, 0.2) is 29.1 Å². The van der Waals surface area contributed by atoms with E-state index in [1.807, 2.05) is 0 Å². The number of carbonyl (C=O) groups is 2. The number of aryl methyl sites for hydroxylation is 1. The van der Waals surface area contributed by atoms with E-state index in [2.05, 4.69) is 20.4 Å². The van der Waals surface area contributed by atoms with Crippen LogP contribution in [-0.2, 0) is 11.3 Å². The molecule has 0 unspecified atom stereocenters. The third kappa shape index (κ3) is 4.23. The average Bonchev–Trinajstić information content (AvgIpc) is 2.88. The lowest BCUT2D eigenvalue weighted by Gasteiger charge is -2.02. The van der Waals surface area contributed by atoms with Gasteiger partial charge in [0.05, 0.1) is 12.1 Å². The van der Waals surface area contributed by atoms with Gasteiger partial charge >= 0.3 is 5.97 Å². The molecule has 2 rings (SSSR count). The minimum Gasteiger partial charge on any atom is -0.478 e. The van der Waals surface area contributed by atoms with Crippen LogP contribution < -0.4 is 5.32 Å². The maximum atomic E-state index is 11.9. The largest absolute Gasteiger partial charge is 0.478 e. The number of aromatic nitrogens is 3. The lowest BCUT2D eigenvalue weighted by molar-refractivity contribution is -0.131. The highest BCUT2D eigenvalue weighted by molar-refractivity contribution is 5.94. The Morgan fingerprint density at radius 3 is 2.90 bits per heavy atom. The monoisotopic (exact) mass is 288 g/mol. The van der Waals surface area contributed by atoms with Crippen molar-refractivity contribution in [3.05, 3.63) is 47.4 Å². The van der Waals surface area contributed by atoms with Crippen LogP contribution in [0.1, 0.15) is 27.6 Å². The number of nitrogens with one attached hydrogen (secondary N) is 1.